The van der Waals surface area contributed by atoms with Crippen LogP contribution >= 0.6 is 0 Å². The average molecular weight is 156 g/mol. The highest BCUT2D eigenvalue weighted by atomic mass is 16.5. The van der Waals surface area contributed by atoms with E-state index in [4.69, 9.17) is 4.74 Å². The van der Waals surface area contributed by atoms with E-state index in [9.17, 15) is 0 Å². The normalized spacial score (nSPS) is 39.0. The quantitative estimate of drug-likeness (QED) is 0.597. The van der Waals surface area contributed by atoms with Gasteiger partial charge in [0.15, 0.2) is 0 Å². The Balaban J connectivity index is 2.57. The van der Waals surface area contributed by atoms with E-state index in [1.165, 1.54) is 19.3 Å². The average Bonchev–Trinajstić information content (AvgIpc) is 2.05. The molecule has 0 aromatic heterocycles. The maximum atomic E-state index is 5.47. The van der Waals surface area contributed by atoms with Crippen LogP contribution in [-0.4, -0.2) is 13.2 Å². The first-order chi connectivity index (χ1) is 5.23. The lowest BCUT2D eigenvalue weighted by molar-refractivity contribution is -0.0358. The SMILES string of the molecule is CCC1COCCC1(C)CC. The lowest BCUT2D eigenvalue weighted by atomic mass is 9.71. The largest absolute Gasteiger partial charge is 0.381 e. The van der Waals surface area contributed by atoms with Gasteiger partial charge in [-0.3, -0.25) is 0 Å². The van der Waals surface area contributed by atoms with E-state index in [2.05, 4.69) is 20.8 Å². The molecule has 1 heteroatoms. The second-order valence-electron chi connectivity index (χ2n) is 3.94. The number of rotatable bonds is 2. The molecule has 66 valence electrons. The van der Waals surface area contributed by atoms with Crippen molar-refractivity contribution in [3.63, 3.8) is 0 Å². The summed E-state index contributed by atoms with van der Waals surface area (Å²) in [5.41, 5.74) is 0.562. The van der Waals surface area contributed by atoms with E-state index in [1.54, 1.807) is 0 Å². The second kappa shape index (κ2) is 3.57. The van der Waals surface area contributed by atoms with Gasteiger partial charge in [-0.1, -0.05) is 33.6 Å². The second-order valence-corrected chi connectivity index (χ2v) is 3.94. The van der Waals surface area contributed by atoms with E-state index < -0.39 is 0 Å². The van der Waals surface area contributed by atoms with Crippen LogP contribution in [0.5, 0.6) is 0 Å². The van der Waals surface area contributed by atoms with Gasteiger partial charge in [-0.15, -0.1) is 0 Å². The summed E-state index contributed by atoms with van der Waals surface area (Å²) in [4.78, 5) is 0. The van der Waals surface area contributed by atoms with Gasteiger partial charge in [-0.05, 0) is 17.8 Å². The molecule has 0 spiro atoms. The van der Waals surface area contributed by atoms with Crippen LogP contribution in [0.4, 0.5) is 0 Å². The lowest BCUT2D eigenvalue weighted by Crippen LogP contribution is -2.35. The lowest BCUT2D eigenvalue weighted by Gasteiger charge is -2.40. The molecule has 1 aliphatic rings. The zero-order valence-corrected chi connectivity index (χ0v) is 8.02. The fourth-order valence-corrected chi connectivity index (χ4v) is 2.01. The predicted octanol–water partition coefficient (Wildman–Crippen LogP) is 2.85. The molecular formula is C10H20O. The van der Waals surface area contributed by atoms with Crippen LogP contribution in [-0.2, 0) is 4.74 Å². The number of hydrogen-bond acceptors (Lipinski definition) is 1. The Morgan fingerprint density at radius 3 is 2.64 bits per heavy atom. The van der Waals surface area contributed by atoms with Crippen LogP contribution in [0.25, 0.3) is 0 Å². The molecule has 1 rings (SSSR count). The van der Waals surface area contributed by atoms with Crippen molar-refractivity contribution in [2.45, 2.75) is 40.0 Å². The molecule has 1 heterocycles. The summed E-state index contributed by atoms with van der Waals surface area (Å²) in [6, 6.07) is 0. The molecule has 0 aliphatic carbocycles. The zero-order valence-electron chi connectivity index (χ0n) is 8.02. The highest BCUT2D eigenvalue weighted by molar-refractivity contribution is 4.83. The minimum Gasteiger partial charge on any atom is -0.381 e. The molecule has 0 aromatic rings. The Morgan fingerprint density at radius 2 is 2.18 bits per heavy atom. The van der Waals surface area contributed by atoms with Crippen molar-refractivity contribution in [2.24, 2.45) is 11.3 Å². The number of hydrogen-bond donors (Lipinski definition) is 0. The van der Waals surface area contributed by atoms with E-state index >= 15 is 0 Å². The van der Waals surface area contributed by atoms with Crippen LogP contribution in [0.1, 0.15) is 40.0 Å². The Morgan fingerprint density at radius 1 is 1.45 bits per heavy atom. The molecule has 0 N–H and O–H groups in total. The van der Waals surface area contributed by atoms with Gasteiger partial charge in [0.2, 0.25) is 0 Å². The van der Waals surface area contributed by atoms with Crippen molar-refractivity contribution in [1.82, 2.24) is 0 Å². The maximum Gasteiger partial charge on any atom is 0.0499 e. The Kier molecular flexibility index (Phi) is 2.94. The van der Waals surface area contributed by atoms with Crippen molar-refractivity contribution in [2.75, 3.05) is 13.2 Å². The fourth-order valence-electron chi connectivity index (χ4n) is 2.01. The zero-order chi connectivity index (χ0) is 8.32. The van der Waals surface area contributed by atoms with Crippen molar-refractivity contribution in [3.8, 4) is 0 Å². The van der Waals surface area contributed by atoms with E-state index in [-0.39, 0.29) is 0 Å². The van der Waals surface area contributed by atoms with Gasteiger partial charge in [0.25, 0.3) is 0 Å². The molecule has 1 nitrogen and oxygen atoms in total. The van der Waals surface area contributed by atoms with Gasteiger partial charge in [0.05, 0.1) is 0 Å². The summed E-state index contributed by atoms with van der Waals surface area (Å²) in [6.45, 7) is 8.94. The summed E-state index contributed by atoms with van der Waals surface area (Å²) in [6.07, 6.45) is 3.82. The molecule has 0 amide bonds. The summed E-state index contributed by atoms with van der Waals surface area (Å²) in [7, 11) is 0. The molecule has 2 atom stereocenters. The van der Waals surface area contributed by atoms with Crippen molar-refractivity contribution in [3.05, 3.63) is 0 Å². The first kappa shape index (κ1) is 9.05. The molecule has 0 bridgehead atoms. The third-order valence-electron chi connectivity index (χ3n) is 3.42. The molecule has 0 radical (unpaired) electrons. The van der Waals surface area contributed by atoms with Crippen molar-refractivity contribution in [1.29, 1.82) is 0 Å². The maximum absolute atomic E-state index is 5.47. The Bertz CT molecular complexity index is 122. The van der Waals surface area contributed by atoms with Gasteiger partial charge in [0, 0.05) is 13.2 Å². The van der Waals surface area contributed by atoms with Gasteiger partial charge in [0.1, 0.15) is 0 Å². The van der Waals surface area contributed by atoms with Gasteiger partial charge in [-0.2, -0.15) is 0 Å². The first-order valence-electron chi connectivity index (χ1n) is 4.80. The highest BCUT2D eigenvalue weighted by Crippen LogP contribution is 2.39. The third kappa shape index (κ3) is 1.76. The monoisotopic (exact) mass is 156 g/mol. The topological polar surface area (TPSA) is 9.23 Å². The smallest absolute Gasteiger partial charge is 0.0499 e. The Hall–Kier alpha value is -0.0400. The standard InChI is InChI=1S/C10H20O/c1-4-9-8-11-7-6-10(9,3)5-2/h9H,4-8H2,1-3H3. The minimum absolute atomic E-state index is 0.562. The molecule has 2 unspecified atom stereocenters. The molecule has 0 saturated carbocycles. The van der Waals surface area contributed by atoms with Crippen LogP contribution in [0.2, 0.25) is 0 Å². The van der Waals surface area contributed by atoms with Crippen LogP contribution in [0.15, 0.2) is 0 Å². The summed E-state index contributed by atoms with van der Waals surface area (Å²) in [5, 5.41) is 0. The third-order valence-corrected chi connectivity index (χ3v) is 3.42. The molecule has 11 heavy (non-hydrogen) atoms. The fraction of sp³-hybridized carbons (Fsp3) is 1.00. The van der Waals surface area contributed by atoms with Gasteiger partial charge >= 0.3 is 0 Å². The number of ether oxygens (including phenoxy) is 1. The van der Waals surface area contributed by atoms with Crippen molar-refractivity contribution >= 4 is 0 Å². The predicted molar refractivity (Wildman–Crippen MR) is 47.6 cm³/mol. The molecule has 1 fully saturated rings. The van der Waals surface area contributed by atoms with E-state index in [1.807, 2.05) is 0 Å². The molecule has 1 aliphatic heterocycles. The highest BCUT2D eigenvalue weighted by Gasteiger charge is 2.33. The van der Waals surface area contributed by atoms with Crippen molar-refractivity contribution < 1.29 is 4.74 Å². The Labute approximate surface area is 70.1 Å². The van der Waals surface area contributed by atoms with Gasteiger partial charge < -0.3 is 4.74 Å². The summed E-state index contributed by atoms with van der Waals surface area (Å²) < 4.78 is 5.47. The summed E-state index contributed by atoms with van der Waals surface area (Å²) in [5.74, 6) is 0.793. The summed E-state index contributed by atoms with van der Waals surface area (Å²) >= 11 is 0. The molecular weight excluding hydrogens is 136 g/mol. The van der Waals surface area contributed by atoms with Crippen LogP contribution in [0, 0.1) is 11.3 Å². The van der Waals surface area contributed by atoms with E-state index in [0.29, 0.717) is 5.41 Å². The van der Waals surface area contributed by atoms with Crippen LogP contribution in [0.3, 0.4) is 0 Å². The van der Waals surface area contributed by atoms with Crippen LogP contribution < -0.4 is 0 Å². The first-order valence-corrected chi connectivity index (χ1v) is 4.80. The minimum atomic E-state index is 0.562. The van der Waals surface area contributed by atoms with Gasteiger partial charge in [-0.25, -0.2) is 0 Å². The van der Waals surface area contributed by atoms with E-state index in [0.717, 1.165) is 19.1 Å². The molecule has 0 aromatic carbocycles. The molecule has 1 saturated heterocycles.